The highest BCUT2D eigenvalue weighted by atomic mass is 19.4. The van der Waals surface area contributed by atoms with Gasteiger partial charge in [-0.2, -0.15) is 18.2 Å². The molecule has 0 bridgehead atoms. The molecule has 30 heavy (non-hydrogen) atoms. The van der Waals surface area contributed by atoms with Crippen molar-refractivity contribution in [2.45, 2.75) is 32.5 Å². The van der Waals surface area contributed by atoms with Crippen LogP contribution in [0.5, 0.6) is 0 Å². The molecule has 0 aliphatic heterocycles. The van der Waals surface area contributed by atoms with E-state index in [9.17, 15) is 22.0 Å². The summed E-state index contributed by atoms with van der Waals surface area (Å²) >= 11 is 0. The van der Waals surface area contributed by atoms with E-state index in [4.69, 9.17) is 0 Å². The van der Waals surface area contributed by atoms with E-state index in [2.05, 4.69) is 30.2 Å². The maximum absolute atomic E-state index is 12.9. The summed E-state index contributed by atoms with van der Waals surface area (Å²) in [6.45, 7) is 0.785. The highest BCUT2D eigenvalue weighted by molar-refractivity contribution is 5.93. The van der Waals surface area contributed by atoms with Crippen molar-refractivity contribution >= 4 is 28.1 Å². The monoisotopic (exact) mass is 425 g/mol. The molecule has 4 aromatic rings. The maximum atomic E-state index is 12.9. The van der Waals surface area contributed by atoms with Crippen LogP contribution in [-0.4, -0.2) is 48.6 Å². The van der Waals surface area contributed by atoms with Gasteiger partial charge >= 0.3 is 6.18 Å². The minimum absolute atomic E-state index is 0.0641. The van der Waals surface area contributed by atoms with Crippen LogP contribution in [0, 0.1) is 6.92 Å². The first-order chi connectivity index (χ1) is 14.2. The van der Waals surface area contributed by atoms with Gasteiger partial charge in [-0.05, 0) is 19.1 Å². The molecule has 0 aromatic carbocycles. The Morgan fingerprint density at radius 3 is 2.70 bits per heavy atom. The lowest BCUT2D eigenvalue weighted by atomic mass is 10.1. The van der Waals surface area contributed by atoms with Crippen molar-refractivity contribution in [1.29, 1.82) is 0 Å². The number of aryl methyl sites for hydroxylation is 1. The Balaban J connectivity index is 1.65. The number of H-pyrrole nitrogens is 1. The van der Waals surface area contributed by atoms with Crippen molar-refractivity contribution < 1.29 is 22.0 Å². The number of hydrogen-bond donors (Lipinski definition) is 2. The minimum Gasteiger partial charge on any atom is -0.354 e. The number of aromatic amines is 1. The van der Waals surface area contributed by atoms with Gasteiger partial charge in [-0.15, -0.1) is 0 Å². The molecule has 158 valence electrons. The third-order valence-electron chi connectivity index (χ3n) is 4.50. The van der Waals surface area contributed by atoms with Gasteiger partial charge in [0.15, 0.2) is 5.65 Å². The van der Waals surface area contributed by atoms with Gasteiger partial charge in [0.25, 0.3) is 6.43 Å². The topological polar surface area (TPSA) is 84.3 Å². The van der Waals surface area contributed by atoms with Crippen molar-refractivity contribution in [1.82, 2.24) is 29.5 Å². The van der Waals surface area contributed by atoms with Crippen molar-refractivity contribution in [2.75, 3.05) is 11.9 Å². The Morgan fingerprint density at radius 2 is 1.97 bits per heavy atom. The molecule has 0 spiro atoms. The van der Waals surface area contributed by atoms with Crippen molar-refractivity contribution in [3.63, 3.8) is 0 Å². The molecule has 0 aliphatic carbocycles. The van der Waals surface area contributed by atoms with Crippen LogP contribution in [0.4, 0.5) is 27.9 Å². The van der Waals surface area contributed by atoms with Crippen LogP contribution >= 0.6 is 0 Å². The Morgan fingerprint density at radius 1 is 1.17 bits per heavy atom. The molecule has 0 atom stereocenters. The SMILES string of the molecule is Cc1nc2ccc(-c3c[nH]c4nc(NCCC(F)(F)F)ncc34)nc2n1CC(F)F. The number of nitrogens with zero attached hydrogens (tertiary/aromatic N) is 5. The first-order valence-electron chi connectivity index (χ1n) is 8.98. The normalized spacial score (nSPS) is 12.4. The van der Waals surface area contributed by atoms with Crippen LogP contribution < -0.4 is 5.32 Å². The fraction of sp³-hybridized carbons (Fsp3) is 0.333. The van der Waals surface area contributed by atoms with Crippen molar-refractivity contribution in [3.8, 4) is 11.3 Å². The summed E-state index contributed by atoms with van der Waals surface area (Å²) in [5.74, 6) is 0.501. The molecule has 0 saturated heterocycles. The average Bonchev–Trinajstić information content (AvgIpc) is 3.21. The number of fused-ring (bicyclic) bond motifs is 2. The largest absolute Gasteiger partial charge is 0.390 e. The molecule has 0 amide bonds. The third-order valence-corrected chi connectivity index (χ3v) is 4.50. The van der Waals surface area contributed by atoms with E-state index in [-0.39, 0.29) is 12.5 Å². The predicted molar refractivity (Wildman–Crippen MR) is 100 cm³/mol. The zero-order valence-corrected chi connectivity index (χ0v) is 15.6. The van der Waals surface area contributed by atoms with Crippen LogP contribution in [0.2, 0.25) is 0 Å². The molecule has 7 nitrogen and oxygen atoms in total. The van der Waals surface area contributed by atoms with Gasteiger partial charge in [0.1, 0.15) is 17.0 Å². The maximum Gasteiger partial charge on any atom is 0.390 e. The lowest BCUT2D eigenvalue weighted by molar-refractivity contribution is -0.131. The zero-order chi connectivity index (χ0) is 21.5. The molecule has 0 aliphatic rings. The van der Waals surface area contributed by atoms with E-state index >= 15 is 0 Å². The summed E-state index contributed by atoms with van der Waals surface area (Å²) < 4.78 is 64.0. The number of hydrogen-bond acceptors (Lipinski definition) is 5. The van der Waals surface area contributed by atoms with Gasteiger partial charge in [0.05, 0.1) is 18.7 Å². The van der Waals surface area contributed by atoms with Crippen LogP contribution in [0.15, 0.2) is 24.5 Å². The number of aromatic nitrogens is 6. The Hall–Kier alpha value is -3.31. The first kappa shape index (κ1) is 20.0. The molecule has 12 heteroatoms. The number of halogens is 5. The first-order valence-corrected chi connectivity index (χ1v) is 8.98. The minimum atomic E-state index is -4.27. The summed E-state index contributed by atoms with van der Waals surface area (Å²) in [6.07, 6.45) is -4.71. The number of pyridine rings is 1. The fourth-order valence-corrected chi connectivity index (χ4v) is 3.14. The molecular weight excluding hydrogens is 409 g/mol. The zero-order valence-electron chi connectivity index (χ0n) is 15.6. The number of anilines is 1. The van der Waals surface area contributed by atoms with Gasteiger partial charge < -0.3 is 14.9 Å². The Bertz CT molecular complexity index is 1200. The van der Waals surface area contributed by atoms with E-state index in [1.807, 2.05) is 0 Å². The smallest absolute Gasteiger partial charge is 0.354 e. The average molecular weight is 425 g/mol. The highest BCUT2D eigenvalue weighted by Crippen LogP contribution is 2.28. The van der Waals surface area contributed by atoms with Crippen LogP contribution in [-0.2, 0) is 6.54 Å². The highest BCUT2D eigenvalue weighted by Gasteiger charge is 2.26. The molecule has 4 heterocycles. The van der Waals surface area contributed by atoms with E-state index in [1.165, 1.54) is 10.8 Å². The molecular formula is C18H16F5N7. The molecule has 4 rings (SSSR count). The molecule has 2 N–H and O–H groups in total. The lowest BCUT2D eigenvalue weighted by Crippen LogP contribution is -2.15. The standard InChI is InChI=1S/C18H16F5N7/c1-9-27-13-3-2-12(28-16(13)30(9)8-14(19)20)10-6-25-15-11(10)7-26-17(29-15)24-5-4-18(21,22)23/h2-3,6-7,14H,4-5,8H2,1H3,(H2,24,25,26,29). The number of alkyl halides is 5. The number of rotatable bonds is 6. The van der Waals surface area contributed by atoms with Crippen LogP contribution in [0.1, 0.15) is 12.2 Å². The van der Waals surface area contributed by atoms with E-state index in [1.54, 1.807) is 25.3 Å². The predicted octanol–water partition coefficient (Wildman–Crippen LogP) is 4.31. The summed E-state index contributed by atoms with van der Waals surface area (Å²) in [5, 5.41) is 3.13. The molecule has 4 aromatic heterocycles. The summed E-state index contributed by atoms with van der Waals surface area (Å²) in [7, 11) is 0. The Labute approximate surface area is 166 Å². The van der Waals surface area contributed by atoms with Crippen molar-refractivity contribution in [2.24, 2.45) is 0 Å². The summed E-state index contributed by atoms with van der Waals surface area (Å²) in [4.78, 5) is 19.9. The molecule has 0 unspecified atom stereocenters. The van der Waals surface area contributed by atoms with Crippen LogP contribution in [0.3, 0.4) is 0 Å². The quantitative estimate of drug-likeness (QED) is 0.450. The summed E-state index contributed by atoms with van der Waals surface area (Å²) in [6, 6.07) is 3.40. The van der Waals surface area contributed by atoms with Gasteiger partial charge in [0.2, 0.25) is 5.95 Å². The van der Waals surface area contributed by atoms with Gasteiger partial charge in [0, 0.05) is 29.9 Å². The van der Waals surface area contributed by atoms with E-state index in [0.29, 0.717) is 39.3 Å². The van der Waals surface area contributed by atoms with E-state index < -0.39 is 25.6 Å². The van der Waals surface area contributed by atoms with E-state index in [0.717, 1.165) is 0 Å². The van der Waals surface area contributed by atoms with Crippen LogP contribution in [0.25, 0.3) is 33.5 Å². The third kappa shape index (κ3) is 4.02. The van der Waals surface area contributed by atoms with Gasteiger partial charge in [-0.1, -0.05) is 0 Å². The number of imidazole rings is 1. The second kappa shape index (κ2) is 7.50. The fourth-order valence-electron chi connectivity index (χ4n) is 3.14. The number of nitrogens with one attached hydrogen (secondary N) is 2. The van der Waals surface area contributed by atoms with Gasteiger partial charge in [-0.25, -0.2) is 23.7 Å². The Kier molecular flexibility index (Phi) is 5.00. The molecule has 0 saturated carbocycles. The molecule has 0 fully saturated rings. The summed E-state index contributed by atoms with van der Waals surface area (Å²) in [5.41, 5.74) is 2.39. The van der Waals surface area contributed by atoms with Gasteiger partial charge in [-0.3, -0.25) is 0 Å². The molecule has 0 radical (unpaired) electrons. The van der Waals surface area contributed by atoms with Crippen molar-refractivity contribution in [3.05, 3.63) is 30.4 Å². The second-order valence-corrected chi connectivity index (χ2v) is 6.65. The lowest BCUT2D eigenvalue weighted by Gasteiger charge is -2.07. The second-order valence-electron chi connectivity index (χ2n) is 6.65.